The second-order valence-corrected chi connectivity index (χ2v) is 6.56. The molecule has 1 aromatic carbocycles. The largest absolute Gasteiger partial charge is 0.323 e. The first-order chi connectivity index (χ1) is 9.22. The van der Waals surface area contributed by atoms with Gasteiger partial charge in [0.25, 0.3) is 0 Å². The number of para-hydroxylation sites is 1. The van der Waals surface area contributed by atoms with Gasteiger partial charge >= 0.3 is 0 Å². The first-order valence-corrected chi connectivity index (χ1v) is 7.94. The zero-order valence-corrected chi connectivity index (χ0v) is 12.2. The summed E-state index contributed by atoms with van der Waals surface area (Å²) in [5, 5.41) is 9.05. The first kappa shape index (κ1) is 12.8. The van der Waals surface area contributed by atoms with E-state index in [0.29, 0.717) is 11.6 Å². The molecule has 2 aromatic rings. The van der Waals surface area contributed by atoms with E-state index in [2.05, 4.69) is 15.6 Å². The van der Waals surface area contributed by atoms with E-state index in [1.165, 1.54) is 5.75 Å². The Labute approximate surface area is 121 Å². The lowest BCUT2D eigenvalue weighted by Crippen LogP contribution is -2.12. The molecule has 0 bridgehead atoms. The van der Waals surface area contributed by atoms with Gasteiger partial charge in [-0.2, -0.15) is 17.0 Å². The third kappa shape index (κ3) is 2.11. The number of nitrogens with zero attached hydrogens (tertiary/aromatic N) is 3. The van der Waals surface area contributed by atoms with E-state index >= 15 is 0 Å². The number of nitriles is 1. The lowest BCUT2D eigenvalue weighted by Gasteiger charge is -2.16. The Kier molecular flexibility index (Phi) is 3.42. The van der Waals surface area contributed by atoms with E-state index < -0.39 is 0 Å². The van der Waals surface area contributed by atoms with Crippen molar-refractivity contribution in [1.29, 1.82) is 5.26 Å². The number of aromatic nitrogens is 2. The Morgan fingerprint density at radius 1 is 1.58 bits per heavy atom. The number of thioether (sulfide) groups is 1. The first-order valence-electron chi connectivity index (χ1n) is 6.35. The van der Waals surface area contributed by atoms with Crippen LogP contribution < -0.4 is 0 Å². The highest BCUT2D eigenvalue weighted by atomic mass is 35.5. The second kappa shape index (κ2) is 5.07. The van der Waals surface area contributed by atoms with Gasteiger partial charge in [-0.05, 0) is 31.2 Å². The fraction of sp³-hybridized carbons (Fsp3) is 0.429. The average Bonchev–Trinajstić information content (AvgIpc) is 3.04. The number of alkyl halides is 1. The van der Waals surface area contributed by atoms with Gasteiger partial charge in [0.05, 0.1) is 16.5 Å². The van der Waals surface area contributed by atoms with Gasteiger partial charge in [0.1, 0.15) is 17.4 Å². The highest BCUT2D eigenvalue weighted by Crippen LogP contribution is 2.35. The van der Waals surface area contributed by atoms with Crippen molar-refractivity contribution in [3.05, 3.63) is 29.6 Å². The number of hydrogen-bond acceptors (Lipinski definition) is 3. The molecule has 1 saturated heterocycles. The molecule has 2 atom stereocenters. The number of benzene rings is 1. The summed E-state index contributed by atoms with van der Waals surface area (Å²) in [5.74, 6) is 3.16. The second-order valence-electron chi connectivity index (χ2n) is 4.76. The number of hydrogen-bond donors (Lipinski definition) is 0. The highest BCUT2D eigenvalue weighted by Gasteiger charge is 2.25. The monoisotopic (exact) mass is 291 g/mol. The Morgan fingerprint density at radius 3 is 3.05 bits per heavy atom. The smallest absolute Gasteiger partial charge is 0.128 e. The molecule has 2 unspecified atom stereocenters. The number of fused-ring (bicyclic) bond motifs is 1. The van der Waals surface area contributed by atoms with Crippen LogP contribution >= 0.6 is 23.4 Å². The van der Waals surface area contributed by atoms with Gasteiger partial charge in [-0.1, -0.05) is 6.07 Å². The van der Waals surface area contributed by atoms with Crippen LogP contribution in [0, 0.1) is 11.3 Å². The van der Waals surface area contributed by atoms with E-state index in [4.69, 9.17) is 11.6 Å². The van der Waals surface area contributed by atoms with Crippen LogP contribution in [0.2, 0.25) is 0 Å². The predicted molar refractivity (Wildman–Crippen MR) is 79.7 cm³/mol. The molecule has 0 aliphatic carbocycles. The quantitative estimate of drug-likeness (QED) is 0.788. The molecule has 1 fully saturated rings. The zero-order valence-electron chi connectivity index (χ0n) is 10.6. The van der Waals surface area contributed by atoms with Crippen LogP contribution in [0.15, 0.2) is 18.2 Å². The molecule has 0 saturated carbocycles. The molecule has 0 N–H and O–H groups in total. The third-order valence-corrected chi connectivity index (χ3v) is 4.83. The summed E-state index contributed by atoms with van der Waals surface area (Å²) in [4.78, 5) is 4.63. The maximum atomic E-state index is 9.20. The molecule has 19 heavy (non-hydrogen) atoms. The van der Waals surface area contributed by atoms with Gasteiger partial charge in [-0.3, -0.25) is 0 Å². The lowest BCUT2D eigenvalue weighted by molar-refractivity contribution is 0.549. The van der Waals surface area contributed by atoms with Crippen molar-refractivity contribution in [1.82, 2.24) is 9.55 Å². The third-order valence-electron chi connectivity index (χ3n) is 3.49. The van der Waals surface area contributed by atoms with Gasteiger partial charge in [0.15, 0.2) is 0 Å². The Hall–Kier alpha value is -1.18. The van der Waals surface area contributed by atoms with Gasteiger partial charge in [-0.15, -0.1) is 11.6 Å². The van der Waals surface area contributed by atoms with Crippen molar-refractivity contribution in [3.63, 3.8) is 0 Å². The molecule has 0 amide bonds. The highest BCUT2D eigenvalue weighted by molar-refractivity contribution is 7.99. The van der Waals surface area contributed by atoms with Crippen molar-refractivity contribution < 1.29 is 0 Å². The molecule has 1 aromatic heterocycles. The van der Waals surface area contributed by atoms with E-state index in [9.17, 15) is 5.26 Å². The Morgan fingerprint density at radius 2 is 2.42 bits per heavy atom. The van der Waals surface area contributed by atoms with Crippen LogP contribution in [0.3, 0.4) is 0 Å². The molecule has 2 heterocycles. The van der Waals surface area contributed by atoms with Crippen molar-refractivity contribution in [2.75, 3.05) is 11.5 Å². The van der Waals surface area contributed by atoms with E-state index in [1.807, 2.05) is 36.9 Å². The summed E-state index contributed by atoms with van der Waals surface area (Å²) in [7, 11) is 0. The summed E-state index contributed by atoms with van der Waals surface area (Å²) < 4.78 is 2.24. The van der Waals surface area contributed by atoms with Crippen LogP contribution in [0.1, 0.15) is 36.2 Å². The minimum Gasteiger partial charge on any atom is -0.323 e. The van der Waals surface area contributed by atoms with Gasteiger partial charge in [0.2, 0.25) is 0 Å². The molecule has 1 aliphatic rings. The average molecular weight is 292 g/mol. The standard InChI is InChI=1S/C14H14ClN3S/c1-9(15)14-17-13-10(7-16)3-2-4-12(13)18(14)11-5-6-19-8-11/h2-4,9,11H,5-6,8H2,1H3. The van der Waals surface area contributed by atoms with Crippen LogP contribution in [-0.2, 0) is 0 Å². The van der Waals surface area contributed by atoms with Crippen LogP contribution in [-0.4, -0.2) is 21.1 Å². The van der Waals surface area contributed by atoms with Gasteiger partial charge in [0, 0.05) is 11.8 Å². The van der Waals surface area contributed by atoms with Crippen LogP contribution in [0.25, 0.3) is 11.0 Å². The van der Waals surface area contributed by atoms with Crippen molar-refractivity contribution in [2.45, 2.75) is 24.8 Å². The maximum Gasteiger partial charge on any atom is 0.128 e. The molecule has 3 rings (SSSR count). The topological polar surface area (TPSA) is 41.6 Å². The SMILES string of the molecule is CC(Cl)c1nc2c(C#N)cccc2n1C1CCSC1. The Bertz CT molecular complexity index is 650. The fourth-order valence-electron chi connectivity index (χ4n) is 2.62. The van der Waals surface area contributed by atoms with Gasteiger partial charge < -0.3 is 4.57 Å². The maximum absolute atomic E-state index is 9.20. The number of imidazole rings is 1. The fourth-order valence-corrected chi connectivity index (χ4v) is 3.96. The zero-order chi connectivity index (χ0) is 13.4. The molecule has 5 heteroatoms. The summed E-state index contributed by atoms with van der Waals surface area (Å²) in [6, 6.07) is 8.43. The summed E-state index contributed by atoms with van der Waals surface area (Å²) in [6.07, 6.45) is 1.14. The Balaban J connectivity index is 2.27. The summed E-state index contributed by atoms with van der Waals surface area (Å²) in [5.41, 5.74) is 2.44. The van der Waals surface area contributed by atoms with Crippen LogP contribution in [0.5, 0.6) is 0 Å². The van der Waals surface area contributed by atoms with Crippen LogP contribution in [0.4, 0.5) is 0 Å². The van der Waals surface area contributed by atoms with Gasteiger partial charge in [-0.25, -0.2) is 4.98 Å². The molecule has 0 spiro atoms. The van der Waals surface area contributed by atoms with E-state index in [-0.39, 0.29) is 5.38 Å². The number of rotatable bonds is 2. The van der Waals surface area contributed by atoms with Crippen molar-refractivity contribution >= 4 is 34.4 Å². The summed E-state index contributed by atoms with van der Waals surface area (Å²) >= 11 is 8.24. The van der Waals surface area contributed by atoms with Crippen molar-refractivity contribution in [2.24, 2.45) is 0 Å². The van der Waals surface area contributed by atoms with Crippen molar-refractivity contribution in [3.8, 4) is 6.07 Å². The molecular formula is C14H14ClN3S. The van der Waals surface area contributed by atoms with E-state index in [1.54, 1.807) is 0 Å². The predicted octanol–water partition coefficient (Wildman–Crippen LogP) is 3.89. The van der Waals surface area contributed by atoms with E-state index in [0.717, 1.165) is 29.0 Å². The minimum absolute atomic E-state index is 0.149. The minimum atomic E-state index is -0.149. The molecular weight excluding hydrogens is 278 g/mol. The molecule has 98 valence electrons. The number of halogens is 1. The lowest BCUT2D eigenvalue weighted by atomic mass is 10.2. The molecule has 0 radical (unpaired) electrons. The summed E-state index contributed by atoms with van der Waals surface area (Å²) in [6.45, 7) is 1.94. The molecule has 3 nitrogen and oxygen atoms in total. The molecule has 1 aliphatic heterocycles. The normalized spacial score (nSPS) is 20.6.